The first-order chi connectivity index (χ1) is 10.1. The van der Waals surface area contributed by atoms with Gasteiger partial charge in [-0.3, -0.25) is 0 Å². The maximum Gasteiger partial charge on any atom is 0.566 e. The van der Waals surface area contributed by atoms with Gasteiger partial charge >= 0.3 is 8.80 Å². The Kier molecular flexibility index (Phi) is 5.67. The van der Waals surface area contributed by atoms with Crippen LogP contribution in [0, 0.1) is 5.92 Å². The first kappa shape index (κ1) is 16.3. The maximum atomic E-state index is 9.57. The van der Waals surface area contributed by atoms with Gasteiger partial charge in [0, 0.05) is 24.6 Å². The summed E-state index contributed by atoms with van der Waals surface area (Å²) in [5, 5.41) is 9.57. The van der Waals surface area contributed by atoms with Crippen LogP contribution < -0.4 is 4.43 Å². The lowest BCUT2D eigenvalue weighted by molar-refractivity contribution is -0.0405. The molecule has 1 aliphatic rings. The van der Waals surface area contributed by atoms with E-state index in [0.717, 1.165) is 25.3 Å². The minimum absolute atomic E-state index is 0.195. The standard InChI is InChI=1S/C16H26O4Si/c1-4-8-16-13(5-2)12-18-21(6-3,20-16)19-15-10-7-9-14(17)11-15/h7,9-11,13,16-17H,4-6,8,12H2,1-3H3/t13-,16+,21?/m0/s1. The van der Waals surface area contributed by atoms with Gasteiger partial charge in [-0.15, -0.1) is 0 Å². The lowest BCUT2D eigenvalue weighted by atomic mass is 9.97. The largest absolute Gasteiger partial charge is 0.566 e. The van der Waals surface area contributed by atoms with Crippen molar-refractivity contribution in [2.45, 2.75) is 52.2 Å². The van der Waals surface area contributed by atoms with Gasteiger partial charge in [0.05, 0.1) is 6.10 Å². The van der Waals surface area contributed by atoms with Gasteiger partial charge in [0.1, 0.15) is 11.5 Å². The molecule has 1 unspecified atom stereocenters. The van der Waals surface area contributed by atoms with Crippen molar-refractivity contribution in [2.24, 2.45) is 5.92 Å². The third kappa shape index (κ3) is 3.99. The number of phenolic OH excluding ortho intramolecular Hbond substituents is 1. The molecule has 0 spiro atoms. The molecule has 3 atom stereocenters. The highest BCUT2D eigenvalue weighted by Crippen LogP contribution is 2.33. The second kappa shape index (κ2) is 7.29. The maximum absolute atomic E-state index is 9.57. The van der Waals surface area contributed by atoms with E-state index < -0.39 is 8.80 Å². The van der Waals surface area contributed by atoms with Crippen molar-refractivity contribution in [1.29, 1.82) is 0 Å². The van der Waals surface area contributed by atoms with Crippen molar-refractivity contribution in [3.05, 3.63) is 24.3 Å². The van der Waals surface area contributed by atoms with E-state index in [9.17, 15) is 5.11 Å². The van der Waals surface area contributed by atoms with Gasteiger partial charge in [0.2, 0.25) is 0 Å². The van der Waals surface area contributed by atoms with Gasteiger partial charge in [-0.2, -0.15) is 0 Å². The Hall–Kier alpha value is -1.04. The molecule has 2 rings (SSSR count). The summed E-state index contributed by atoms with van der Waals surface area (Å²) < 4.78 is 18.5. The van der Waals surface area contributed by atoms with E-state index in [-0.39, 0.29) is 11.9 Å². The van der Waals surface area contributed by atoms with E-state index in [2.05, 4.69) is 13.8 Å². The van der Waals surface area contributed by atoms with Crippen molar-refractivity contribution in [1.82, 2.24) is 0 Å². The monoisotopic (exact) mass is 310 g/mol. The second-order valence-corrected chi connectivity index (χ2v) is 8.36. The van der Waals surface area contributed by atoms with E-state index in [1.54, 1.807) is 18.2 Å². The quantitative estimate of drug-likeness (QED) is 0.808. The highest BCUT2D eigenvalue weighted by Gasteiger charge is 2.49. The normalized spacial score (nSPS) is 29.3. The molecule has 1 aliphatic heterocycles. The fourth-order valence-electron chi connectivity index (χ4n) is 2.70. The predicted molar refractivity (Wildman–Crippen MR) is 84.5 cm³/mol. The molecule has 21 heavy (non-hydrogen) atoms. The number of rotatable bonds is 6. The molecule has 5 heteroatoms. The van der Waals surface area contributed by atoms with Crippen molar-refractivity contribution >= 4 is 8.80 Å². The summed E-state index contributed by atoms with van der Waals surface area (Å²) in [7, 11) is -2.69. The minimum Gasteiger partial charge on any atom is -0.508 e. The Labute approximate surface area is 128 Å². The molecular formula is C16H26O4Si. The Balaban J connectivity index is 2.13. The Morgan fingerprint density at radius 3 is 2.76 bits per heavy atom. The fourth-order valence-corrected chi connectivity index (χ4v) is 5.12. The van der Waals surface area contributed by atoms with Gasteiger partial charge in [-0.25, -0.2) is 0 Å². The van der Waals surface area contributed by atoms with Crippen molar-refractivity contribution in [3.63, 3.8) is 0 Å². The first-order valence-corrected chi connectivity index (χ1v) is 9.85. The molecule has 0 saturated carbocycles. The van der Waals surface area contributed by atoms with Gasteiger partial charge in [0.15, 0.2) is 0 Å². The molecule has 1 N–H and O–H groups in total. The molecule has 1 fully saturated rings. The number of benzene rings is 1. The highest BCUT2D eigenvalue weighted by atomic mass is 28.4. The number of hydrogen-bond donors (Lipinski definition) is 1. The van der Waals surface area contributed by atoms with Gasteiger partial charge < -0.3 is 18.4 Å². The molecule has 1 aromatic rings. The van der Waals surface area contributed by atoms with E-state index in [1.807, 2.05) is 13.0 Å². The highest BCUT2D eigenvalue weighted by molar-refractivity contribution is 6.61. The zero-order valence-corrected chi connectivity index (χ0v) is 14.2. The van der Waals surface area contributed by atoms with Crippen LogP contribution in [0.5, 0.6) is 11.5 Å². The lowest BCUT2D eigenvalue weighted by Crippen LogP contribution is -2.57. The molecule has 1 aromatic carbocycles. The summed E-state index contributed by atoms with van der Waals surface area (Å²) >= 11 is 0. The lowest BCUT2D eigenvalue weighted by Gasteiger charge is -2.41. The Bertz CT molecular complexity index is 454. The van der Waals surface area contributed by atoms with Crippen LogP contribution in [-0.2, 0) is 8.85 Å². The first-order valence-electron chi connectivity index (χ1n) is 7.92. The molecular weight excluding hydrogens is 284 g/mol. The van der Waals surface area contributed by atoms with Crippen LogP contribution in [0.1, 0.15) is 40.0 Å². The molecule has 0 aromatic heterocycles. The SMILES string of the molecule is CCC[C@H]1O[Si](CC)(Oc2cccc(O)c2)OC[C@@H]1CC. The van der Waals surface area contributed by atoms with Crippen LogP contribution in [0.4, 0.5) is 0 Å². The van der Waals surface area contributed by atoms with Gasteiger partial charge in [0.25, 0.3) is 0 Å². The van der Waals surface area contributed by atoms with Crippen LogP contribution >= 0.6 is 0 Å². The molecule has 0 radical (unpaired) electrons. The van der Waals surface area contributed by atoms with Gasteiger partial charge in [-0.1, -0.05) is 33.3 Å². The summed E-state index contributed by atoms with van der Waals surface area (Å²) in [5.74, 6) is 1.26. The van der Waals surface area contributed by atoms with E-state index in [1.165, 1.54) is 0 Å². The average Bonchev–Trinajstić information content (AvgIpc) is 2.48. The summed E-state index contributed by atoms with van der Waals surface area (Å²) in [4.78, 5) is 0. The molecule has 1 saturated heterocycles. The average molecular weight is 310 g/mol. The number of aromatic hydroxyl groups is 1. The van der Waals surface area contributed by atoms with E-state index in [4.69, 9.17) is 13.3 Å². The summed E-state index contributed by atoms with van der Waals surface area (Å²) in [6.45, 7) is 7.11. The van der Waals surface area contributed by atoms with Crippen LogP contribution in [-0.4, -0.2) is 26.6 Å². The molecule has 1 heterocycles. The second-order valence-electron chi connectivity index (χ2n) is 5.56. The third-order valence-corrected chi connectivity index (χ3v) is 6.68. The zero-order valence-electron chi connectivity index (χ0n) is 13.2. The summed E-state index contributed by atoms with van der Waals surface area (Å²) in [6, 6.07) is 7.57. The molecule has 0 amide bonds. The summed E-state index contributed by atoms with van der Waals surface area (Å²) in [6.07, 6.45) is 3.42. The van der Waals surface area contributed by atoms with E-state index >= 15 is 0 Å². The molecule has 4 nitrogen and oxygen atoms in total. The topological polar surface area (TPSA) is 47.9 Å². The Morgan fingerprint density at radius 2 is 2.14 bits per heavy atom. The van der Waals surface area contributed by atoms with E-state index in [0.29, 0.717) is 18.3 Å². The van der Waals surface area contributed by atoms with Crippen LogP contribution in [0.2, 0.25) is 6.04 Å². The summed E-state index contributed by atoms with van der Waals surface area (Å²) in [5.41, 5.74) is 0. The fraction of sp³-hybridized carbons (Fsp3) is 0.625. The molecule has 0 bridgehead atoms. The number of hydrogen-bond acceptors (Lipinski definition) is 4. The van der Waals surface area contributed by atoms with Gasteiger partial charge in [-0.05, 0) is 25.0 Å². The van der Waals surface area contributed by atoms with Crippen molar-refractivity contribution in [2.75, 3.05) is 6.61 Å². The molecule has 118 valence electrons. The van der Waals surface area contributed by atoms with Crippen LogP contribution in [0.3, 0.4) is 0 Å². The zero-order chi connectivity index (χ0) is 15.3. The van der Waals surface area contributed by atoms with Crippen LogP contribution in [0.15, 0.2) is 24.3 Å². The third-order valence-electron chi connectivity index (χ3n) is 4.00. The minimum atomic E-state index is -2.69. The number of phenols is 1. The van der Waals surface area contributed by atoms with Crippen molar-refractivity contribution in [3.8, 4) is 11.5 Å². The smallest absolute Gasteiger partial charge is 0.508 e. The van der Waals surface area contributed by atoms with Crippen LogP contribution in [0.25, 0.3) is 0 Å². The Morgan fingerprint density at radius 1 is 1.33 bits per heavy atom. The molecule has 0 aliphatic carbocycles. The predicted octanol–water partition coefficient (Wildman–Crippen LogP) is 3.97. The van der Waals surface area contributed by atoms with Crippen molar-refractivity contribution < 1.29 is 18.4 Å².